The highest BCUT2D eigenvalue weighted by atomic mass is 79.9. The fraction of sp³-hybridized carbons (Fsp3) is 0.133. The Bertz CT molecular complexity index is 837. The van der Waals surface area contributed by atoms with Gasteiger partial charge < -0.3 is 9.97 Å². The summed E-state index contributed by atoms with van der Waals surface area (Å²) in [6, 6.07) is 10.8. The molecule has 0 radical (unpaired) electrons. The van der Waals surface area contributed by atoms with Gasteiger partial charge in [-0.1, -0.05) is 40.2 Å². The zero-order valence-corrected chi connectivity index (χ0v) is 12.3. The molecule has 0 aliphatic rings. The zero-order chi connectivity index (χ0) is 14.3. The van der Waals surface area contributed by atoms with Gasteiger partial charge in [0, 0.05) is 5.56 Å². The lowest BCUT2D eigenvalue weighted by Gasteiger charge is -2.13. The normalized spacial score (nSPS) is 12.8. The average Bonchev–Trinajstić information content (AvgIpc) is 2.80. The maximum atomic E-state index is 14.2. The Morgan fingerprint density at radius 3 is 2.70 bits per heavy atom. The number of aromatic amines is 2. The van der Waals surface area contributed by atoms with Crippen molar-refractivity contribution in [3.05, 3.63) is 69.4 Å². The number of imidazole rings is 1. The van der Waals surface area contributed by atoms with Gasteiger partial charge >= 0.3 is 5.69 Å². The minimum atomic E-state index is -0.259. The van der Waals surface area contributed by atoms with Gasteiger partial charge in [0.1, 0.15) is 5.82 Å². The SMILES string of the molecule is Cc1cccc(C(Br)c2ccc3[nH]c(=O)[nH]c3c2)c1F. The van der Waals surface area contributed by atoms with E-state index in [1.165, 1.54) is 0 Å². The molecule has 5 heteroatoms. The topological polar surface area (TPSA) is 48.6 Å². The van der Waals surface area contributed by atoms with Crippen molar-refractivity contribution in [2.45, 2.75) is 11.8 Å². The molecule has 1 unspecified atom stereocenters. The summed E-state index contributed by atoms with van der Waals surface area (Å²) in [6.45, 7) is 1.74. The predicted octanol–water partition coefficient (Wildman–Crippen LogP) is 3.79. The second kappa shape index (κ2) is 4.90. The lowest BCUT2D eigenvalue weighted by Crippen LogP contribution is -1.99. The summed E-state index contributed by atoms with van der Waals surface area (Å²) in [5.74, 6) is -0.211. The lowest BCUT2D eigenvalue weighted by atomic mass is 10.0. The first-order chi connectivity index (χ1) is 9.56. The molecule has 0 fully saturated rings. The number of rotatable bonds is 2. The quantitative estimate of drug-likeness (QED) is 0.688. The van der Waals surface area contributed by atoms with Crippen LogP contribution in [0.3, 0.4) is 0 Å². The Labute approximate surface area is 123 Å². The van der Waals surface area contributed by atoms with Crippen molar-refractivity contribution in [1.82, 2.24) is 9.97 Å². The van der Waals surface area contributed by atoms with Crippen LogP contribution in [-0.4, -0.2) is 9.97 Å². The summed E-state index contributed by atoms with van der Waals surface area (Å²) in [4.78, 5) is 16.4. The summed E-state index contributed by atoms with van der Waals surface area (Å²) in [6.07, 6.45) is 0. The summed E-state index contributed by atoms with van der Waals surface area (Å²) in [7, 11) is 0. The van der Waals surface area contributed by atoms with E-state index < -0.39 is 0 Å². The maximum Gasteiger partial charge on any atom is 0.323 e. The van der Waals surface area contributed by atoms with Crippen molar-refractivity contribution in [2.24, 2.45) is 0 Å². The molecule has 0 saturated carbocycles. The molecule has 0 spiro atoms. The highest BCUT2D eigenvalue weighted by molar-refractivity contribution is 9.09. The van der Waals surface area contributed by atoms with Crippen LogP contribution in [0.15, 0.2) is 41.2 Å². The minimum absolute atomic E-state index is 0.211. The Balaban J connectivity index is 2.09. The van der Waals surface area contributed by atoms with E-state index in [1.807, 2.05) is 24.3 Å². The van der Waals surface area contributed by atoms with Gasteiger partial charge in [0.2, 0.25) is 0 Å². The first-order valence-electron chi connectivity index (χ1n) is 6.17. The van der Waals surface area contributed by atoms with E-state index in [0.29, 0.717) is 16.6 Å². The maximum absolute atomic E-state index is 14.2. The molecule has 0 saturated heterocycles. The number of benzene rings is 2. The summed E-state index contributed by atoms with van der Waals surface area (Å²) in [5, 5.41) is 0. The molecule has 0 aliphatic carbocycles. The molecule has 3 aromatic rings. The molecular formula is C15H12BrFN2O. The first kappa shape index (κ1) is 13.1. The Morgan fingerprint density at radius 2 is 1.90 bits per heavy atom. The molecule has 3 rings (SSSR count). The molecule has 1 heterocycles. The van der Waals surface area contributed by atoms with E-state index >= 15 is 0 Å². The zero-order valence-electron chi connectivity index (χ0n) is 10.7. The smallest absolute Gasteiger partial charge is 0.306 e. The summed E-state index contributed by atoms with van der Waals surface area (Å²) < 4.78 is 14.2. The Morgan fingerprint density at radius 1 is 1.15 bits per heavy atom. The van der Waals surface area contributed by atoms with E-state index in [2.05, 4.69) is 25.9 Å². The van der Waals surface area contributed by atoms with Crippen LogP contribution < -0.4 is 5.69 Å². The number of H-pyrrole nitrogens is 2. The van der Waals surface area contributed by atoms with Gasteiger partial charge in [-0.2, -0.15) is 0 Å². The standard InChI is InChI=1S/C15H12BrFN2O/c1-8-3-2-4-10(14(8)17)13(16)9-5-6-11-12(7-9)19-15(20)18-11/h2-7,13H,1H3,(H2,18,19,20). The van der Waals surface area contributed by atoms with Crippen LogP contribution in [0.5, 0.6) is 0 Å². The number of aryl methyl sites for hydroxylation is 1. The number of halogens is 2. The molecule has 0 aliphatic heterocycles. The monoisotopic (exact) mass is 334 g/mol. The van der Waals surface area contributed by atoms with Gasteiger partial charge in [-0.15, -0.1) is 0 Å². The van der Waals surface area contributed by atoms with Crippen LogP contribution in [0.25, 0.3) is 11.0 Å². The fourth-order valence-corrected chi connectivity index (χ4v) is 2.89. The van der Waals surface area contributed by atoms with E-state index in [9.17, 15) is 9.18 Å². The number of alkyl halides is 1. The second-order valence-electron chi connectivity index (χ2n) is 4.72. The highest BCUT2D eigenvalue weighted by Gasteiger charge is 2.16. The Hall–Kier alpha value is -1.88. The minimum Gasteiger partial charge on any atom is -0.306 e. The molecule has 3 nitrogen and oxygen atoms in total. The molecule has 2 aromatic carbocycles. The van der Waals surface area contributed by atoms with Crippen LogP contribution in [0.2, 0.25) is 0 Å². The van der Waals surface area contributed by atoms with Crippen LogP contribution in [-0.2, 0) is 0 Å². The lowest BCUT2D eigenvalue weighted by molar-refractivity contribution is 0.604. The van der Waals surface area contributed by atoms with Crippen molar-refractivity contribution in [1.29, 1.82) is 0 Å². The molecule has 1 aromatic heterocycles. The molecule has 102 valence electrons. The summed E-state index contributed by atoms with van der Waals surface area (Å²) >= 11 is 3.53. The third-order valence-corrected chi connectivity index (χ3v) is 4.35. The van der Waals surface area contributed by atoms with E-state index in [-0.39, 0.29) is 16.3 Å². The van der Waals surface area contributed by atoms with E-state index in [0.717, 1.165) is 11.1 Å². The van der Waals surface area contributed by atoms with E-state index in [4.69, 9.17) is 0 Å². The van der Waals surface area contributed by atoms with Crippen LogP contribution in [0, 0.1) is 12.7 Å². The highest BCUT2D eigenvalue weighted by Crippen LogP contribution is 2.34. The number of hydrogen-bond donors (Lipinski definition) is 2. The number of fused-ring (bicyclic) bond motifs is 1. The molecule has 2 N–H and O–H groups in total. The van der Waals surface area contributed by atoms with E-state index in [1.54, 1.807) is 19.1 Å². The van der Waals surface area contributed by atoms with Crippen molar-refractivity contribution < 1.29 is 4.39 Å². The predicted molar refractivity (Wildman–Crippen MR) is 80.8 cm³/mol. The Kier molecular flexibility index (Phi) is 3.22. The molecule has 0 bridgehead atoms. The third-order valence-electron chi connectivity index (χ3n) is 3.33. The van der Waals surface area contributed by atoms with Crippen molar-refractivity contribution >= 4 is 27.0 Å². The molecule has 20 heavy (non-hydrogen) atoms. The largest absolute Gasteiger partial charge is 0.323 e. The number of hydrogen-bond acceptors (Lipinski definition) is 1. The molecule has 1 atom stereocenters. The van der Waals surface area contributed by atoms with Gasteiger partial charge in [-0.25, -0.2) is 9.18 Å². The van der Waals surface area contributed by atoms with Crippen LogP contribution in [0.4, 0.5) is 4.39 Å². The van der Waals surface area contributed by atoms with Crippen LogP contribution >= 0.6 is 15.9 Å². The number of nitrogens with one attached hydrogen (secondary N) is 2. The number of aromatic nitrogens is 2. The van der Waals surface area contributed by atoms with Gasteiger partial charge in [-0.3, -0.25) is 0 Å². The third kappa shape index (κ3) is 2.18. The molecular weight excluding hydrogens is 323 g/mol. The van der Waals surface area contributed by atoms with Gasteiger partial charge in [0.25, 0.3) is 0 Å². The summed E-state index contributed by atoms with van der Waals surface area (Å²) in [5.41, 5.74) is 3.29. The average molecular weight is 335 g/mol. The van der Waals surface area contributed by atoms with Crippen molar-refractivity contribution in [3.63, 3.8) is 0 Å². The van der Waals surface area contributed by atoms with Gasteiger partial charge in [0.05, 0.1) is 15.9 Å². The van der Waals surface area contributed by atoms with Gasteiger partial charge in [-0.05, 0) is 30.2 Å². The van der Waals surface area contributed by atoms with Crippen molar-refractivity contribution in [3.8, 4) is 0 Å². The fourth-order valence-electron chi connectivity index (χ4n) is 2.25. The second-order valence-corrected chi connectivity index (χ2v) is 5.64. The van der Waals surface area contributed by atoms with Crippen LogP contribution in [0.1, 0.15) is 21.5 Å². The van der Waals surface area contributed by atoms with Crippen molar-refractivity contribution in [2.75, 3.05) is 0 Å². The molecule has 0 amide bonds. The van der Waals surface area contributed by atoms with Gasteiger partial charge in [0.15, 0.2) is 0 Å². The first-order valence-corrected chi connectivity index (χ1v) is 7.09.